The van der Waals surface area contributed by atoms with E-state index in [1.165, 1.54) is 12.0 Å². The van der Waals surface area contributed by atoms with Crippen LogP contribution in [0.2, 0.25) is 0 Å². The molecule has 0 saturated heterocycles. The Bertz CT molecular complexity index is 867. The number of fused-ring (bicyclic) bond motifs is 1. The molecule has 2 N–H and O–H groups in total. The zero-order valence-corrected chi connectivity index (χ0v) is 18.4. The SMILES string of the molecule is CCC(CC)(CCCCCC#N)c1cc(O)c(C23C=C(C)C4CC2C43C)c(O)c1. The summed E-state index contributed by atoms with van der Waals surface area (Å²) < 4.78 is 0. The molecule has 1 aromatic rings. The molecule has 3 nitrogen and oxygen atoms in total. The molecule has 2 saturated carbocycles. The number of unbranched alkanes of at least 4 members (excludes halogenated alkanes) is 3. The van der Waals surface area contributed by atoms with Crippen molar-refractivity contribution >= 4 is 0 Å². The average molecular weight is 394 g/mol. The first-order chi connectivity index (χ1) is 13.8. The molecule has 156 valence electrons. The van der Waals surface area contributed by atoms with Crippen LogP contribution in [0.1, 0.15) is 90.2 Å². The third kappa shape index (κ3) is 2.47. The lowest BCUT2D eigenvalue weighted by molar-refractivity contribution is 0.221. The Balaban J connectivity index is 1.64. The maximum Gasteiger partial charge on any atom is 0.123 e. The number of aromatic hydroxyl groups is 2. The number of benzene rings is 1. The zero-order chi connectivity index (χ0) is 21.0. The number of allylic oxidation sites excluding steroid dienone is 2. The Hall–Kier alpha value is -1.95. The molecule has 4 rings (SSSR count). The van der Waals surface area contributed by atoms with Crippen molar-refractivity contribution in [2.75, 3.05) is 0 Å². The van der Waals surface area contributed by atoms with E-state index in [0.717, 1.165) is 49.7 Å². The van der Waals surface area contributed by atoms with E-state index in [2.05, 4.69) is 39.8 Å². The van der Waals surface area contributed by atoms with E-state index in [1.807, 2.05) is 12.1 Å². The van der Waals surface area contributed by atoms with Gasteiger partial charge in [0, 0.05) is 17.4 Å². The lowest BCUT2D eigenvalue weighted by Crippen LogP contribution is -2.25. The van der Waals surface area contributed by atoms with Gasteiger partial charge in [0.25, 0.3) is 0 Å². The van der Waals surface area contributed by atoms with Gasteiger partial charge in [0.15, 0.2) is 0 Å². The fourth-order valence-electron chi connectivity index (χ4n) is 7.28. The van der Waals surface area contributed by atoms with Crippen molar-refractivity contribution in [1.29, 1.82) is 5.26 Å². The molecule has 4 atom stereocenters. The summed E-state index contributed by atoms with van der Waals surface area (Å²) in [6.07, 6.45) is 10.2. The van der Waals surface area contributed by atoms with Gasteiger partial charge < -0.3 is 10.2 Å². The summed E-state index contributed by atoms with van der Waals surface area (Å²) in [5, 5.41) is 31.0. The van der Waals surface area contributed by atoms with Gasteiger partial charge in [-0.15, -0.1) is 0 Å². The van der Waals surface area contributed by atoms with Gasteiger partial charge in [-0.2, -0.15) is 5.26 Å². The second-order valence-electron chi connectivity index (χ2n) is 9.98. The van der Waals surface area contributed by atoms with Gasteiger partial charge in [0.05, 0.1) is 6.07 Å². The summed E-state index contributed by atoms with van der Waals surface area (Å²) in [7, 11) is 0. The zero-order valence-electron chi connectivity index (χ0n) is 18.4. The highest BCUT2D eigenvalue weighted by atomic mass is 16.3. The van der Waals surface area contributed by atoms with Crippen molar-refractivity contribution in [2.45, 2.75) is 89.9 Å². The minimum absolute atomic E-state index is 0.0335. The fourth-order valence-corrected chi connectivity index (χ4v) is 7.28. The second-order valence-corrected chi connectivity index (χ2v) is 9.98. The maximum atomic E-state index is 11.1. The average Bonchev–Trinajstić information content (AvgIpc) is 2.98. The van der Waals surface area contributed by atoms with Crippen LogP contribution in [0.5, 0.6) is 11.5 Å². The lowest BCUT2D eigenvalue weighted by atomic mass is 9.71. The largest absolute Gasteiger partial charge is 0.507 e. The van der Waals surface area contributed by atoms with Crippen LogP contribution < -0.4 is 0 Å². The predicted octanol–water partition coefficient (Wildman–Crippen LogP) is 6.48. The molecular weight excluding hydrogens is 358 g/mol. The van der Waals surface area contributed by atoms with E-state index in [-0.39, 0.29) is 27.7 Å². The van der Waals surface area contributed by atoms with E-state index >= 15 is 0 Å². The molecular formula is C26H35NO2. The molecule has 0 aliphatic heterocycles. The van der Waals surface area contributed by atoms with Crippen molar-refractivity contribution in [3.63, 3.8) is 0 Å². The first-order valence-corrected chi connectivity index (χ1v) is 11.5. The molecule has 0 bridgehead atoms. The Kier molecular flexibility index (Phi) is 4.76. The van der Waals surface area contributed by atoms with Crippen LogP contribution >= 0.6 is 0 Å². The summed E-state index contributed by atoms with van der Waals surface area (Å²) in [5.74, 6) is 1.73. The summed E-state index contributed by atoms with van der Waals surface area (Å²) in [6, 6.07) is 6.12. The molecule has 3 aliphatic carbocycles. The van der Waals surface area contributed by atoms with E-state index < -0.39 is 0 Å². The number of phenols is 2. The number of rotatable bonds is 9. The molecule has 0 spiro atoms. The van der Waals surface area contributed by atoms with Gasteiger partial charge in [-0.1, -0.05) is 45.3 Å². The van der Waals surface area contributed by atoms with Crippen LogP contribution in [0.15, 0.2) is 23.8 Å². The Morgan fingerprint density at radius 2 is 1.79 bits per heavy atom. The third-order valence-corrected chi connectivity index (χ3v) is 9.20. The fraction of sp³-hybridized carbons (Fsp3) is 0.654. The number of phenolic OH excluding ortho intramolecular Hbond substituents is 2. The number of nitrogens with zero attached hydrogens (tertiary/aromatic N) is 1. The van der Waals surface area contributed by atoms with Crippen LogP contribution in [0.25, 0.3) is 0 Å². The summed E-state index contributed by atoms with van der Waals surface area (Å²) in [6.45, 7) is 8.94. The summed E-state index contributed by atoms with van der Waals surface area (Å²) in [4.78, 5) is 0. The normalized spacial score (nSPS) is 31.6. The highest BCUT2D eigenvalue weighted by Gasteiger charge is 2.86. The van der Waals surface area contributed by atoms with E-state index in [9.17, 15) is 10.2 Å². The number of hydrogen-bond acceptors (Lipinski definition) is 3. The molecule has 29 heavy (non-hydrogen) atoms. The Morgan fingerprint density at radius 1 is 1.14 bits per heavy atom. The van der Waals surface area contributed by atoms with Crippen molar-refractivity contribution < 1.29 is 10.2 Å². The number of nitriles is 1. The number of hydrogen-bond donors (Lipinski definition) is 2. The third-order valence-electron chi connectivity index (χ3n) is 9.20. The Morgan fingerprint density at radius 3 is 2.28 bits per heavy atom. The molecule has 4 unspecified atom stereocenters. The lowest BCUT2D eigenvalue weighted by Gasteiger charge is -2.33. The van der Waals surface area contributed by atoms with E-state index in [4.69, 9.17) is 5.26 Å². The van der Waals surface area contributed by atoms with Crippen LogP contribution in [0.4, 0.5) is 0 Å². The van der Waals surface area contributed by atoms with Crippen LogP contribution in [-0.2, 0) is 10.8 Å². The van der Waals surface area contributed by atoms with Gasteiger partial charge in [-0.3, -0.25) is 0 Å². The minimum atomic E-state index is -0.160. The molecule has 3 heteroatoms. The van der Waals surface area contributed by atoms with Gasteiger partial charge in [-0.05, 0) is 79.4 Å². The highest BCUT2D eigenvalue weighted by Crippen LogP contribution is 2.89. The summed E-state index contributed by atoms with van der Waals surface area (Å²) >= 11 is 0. The van der Waals surface area contributed by atoms with Crippen molar-refractivity contribution in [3.05, 3.63) is 34.9 Å². The standard InChI is InChI=1S/C26H35NO2/c1-5-25(6-2,11-9-7-8-10-12-27)18-13-20(28)23(21(29)14-18)26-16-17(3)19-15-22(26)24(19,26)4/h13-14,16,19,22,28-29H,5-11,15H2,1-4H3. The van der Waals surface area contributed by atoms with Crippen molar-refractivity contribution in [3.8, 4) is 17.6 Å². The molecule has 2 fully saturated rings. The molecule has 0 radical (unpaired) electrons. The highest BCUT2D eigenvalue weighted by molar-refractivity contribution is 5.66. The minimum Gasteiger partial charge on any atom is -0.507 e. The van der Waals surface area contributed by atoms with Crippen molar-refractivity contribution in [1.82, 2.24) is 0 Å². The quantitative estimate of drug-likeness (QED) is 0.372. The summed E-state index contributed by atoms with van der Waals surface area (Å²) in [5.41, 5.74) is 3.25. The van der Waals surface area contributed by atoms with E-state index in [0.29, 0.717) is 18.3 Å². The topological polar surface area (TPSA) is 64.2 Å². The first kappa shape index (κ1) is 20.3. The van der Waals surface area contributed by atoms with Gasteiger partial charge in [-0.25, -0.2) is 0 Å². The molecule has 0 aromatic heterocycles. The van der Waals surface area contributed by atoms with Gasteiger partial charge >= 0.3 is 0 Å². The maximum absolute atomic E-state index is 11.1. The van der Waals surface area contributed by atoms with Crippen LogP contribution in [0.3, 0.4) is 0 Å². The van der Waals surface area contributed by atoms with Gasteiger partial charge in [0.1, 0.15) is 11.5 Å². The smallest absolute Gasteiger partial charge is 0.123 e. The molecule has 0 heterocycles. The predicted molar refractivity (Wildman–Crippen MR) is 116 cm³/mol. The molecule has 1 aromatic carbocycles. The van der Waals surface area contributed by atoms with Gasteiger partial charge in [0.2, 0.25) is 0 Å². The Labute approximate surface area is 175 Å². The monoisotopic (exact) mass is 393 g/mol. The van der Waals surface area contributed by atoms with Crippen LogP contribution in [0, 0.1) is 28.6 Å². The van der Waals surface area contributed by atoms with E-state index in [1.54, 1.807) is 0 Å². The van der Waals surface area contributed by atoms with Crippen LogP contribution in [-0.4, -0.2) is 10.2 Å². The van der Waals surface area contributed by atoms with Crippen molar-refractivity contribution in [2.24, 2.45) is 17.3 Å². The second kappa shape index (κ2) is 6.79. The molecule has 3 aliphatic rings. The molecule has 0 amide bonds. The first-order valence-electron chi connectivity index (χ1n) is 11.5.